The number of benzene rings is 2. The van der Waals surface area contributed by atoms with Crippen LogP contribution in [-0.2, 0) is 23.2 Å². The average Bonchev–Trinajstić information content (AvgIpc) is 3.62. The Balaban J connectivity index is 1.40. The lowest BCUT2D eigenvalue weighted by molar-refractivity contribution is -0.141. The molecule has 0 bridgehead atoms. The van der Waals surface area contributed by atoms with Gasteiger partial charge in [0.25, 0.3) is 11.5 Å². The van der Waals surface area contributed by atoms with Crippen molar-refractivity contribution >= 4 is 17.5 Å². The lowest BCUT2D eigenvalue weighted by Crippen LogP contribution is -2.42. The van der Waals surface area contributed by atoms with Crippen molar-refractivity contribution in [1.82, 2.24) is 14.9 Å². The van der Waals surface area contributed by atoms with Gasteiger partial charge >= 0.3 is 0 Å². The third-order valence-corrected chi connectivity index (χ3v) is 6.74. The second kappa shape index (κ2) is 8.04. The summed E-state index contributed by atoms with van der Waals surface area (Å²) in [4.78, 5) is 34.6. The number of aromatic amines is 1. The summed E-state index contributed by atoms with van der Waals surface area (Å²) in [5.74, 6) is -2.62. The molecule has 1 aromatic heterocycles. The third-order valence-electron chi connectivity index (χ3n) is 6.49. The zero-order chi connectivity index (χ0) is 23.3. The average molecular weight is 472 g/mol. The Kier molecular flexibility index (Phi) is 5.29. The summed E-state index contributed by atoms with van der Waals surface area (Å²) in [6.07, 6.45) is 0.152. The molecular weight excluding hydrogens is 452 g/mol. The maximum atomic E-state index is 14.0. The number of nitrogens with one attached hydrogen (secondary N) is 1. The molecule has 33 heavy (non-hydrogen) atoms. The summed E-state index contributed by atoms with van der Waals surface area (Å²) in [7, 11) is 0. The molecule has 0 saturated heterocycles. The highest BCUT2D eigenvalue weighted by Crippen LogP contribution is 2.52. The molecule has 5 rings (SSSR count). The van der Waals surface area contributed by atoms with E-state index in [0.29, 0.717) is 28.5 Å². The molecule has 2 aliphatic rings. The van der Waals surface area contributed by atoms with Crippen LogP contribution in [0.1, 0.15) is 47.2 Å². The topological polar surface area (TPSA) is 86.3 Å². The van der Waals surface area contributed by atoms with Gasteiger partial charge in [0.15, 0.2) is 17.7 Å². The van der Waals surface area contributed by atoms with Crippen LogP contribution in [0.4, 0.5) is 8.78 Å². The van der Waals surface area contributed by atoms with Crippen LogP contribution in [0, 0.1) is 11.6 Å². The minimum absolute atomic E-state index is 0.0707. The van der Waals surface area contributed by atoms with Gasteiger partial charge in [-0.15, -0.1) is 0 Å². The van der Waals surface area contributed by atoms with Gasteiger partial charge in [-0.2, -0.15) is 0 Å². The van der Waals surface area contributed by atoms with E-state index in [-0.39, 0.29) is 24.1 Å². The smallest absolute Gasteiger partial charge is 0.256 e. The molecule has 2 aromatic carbocycles. The molecule has 0 unspecified atom stereocenters. The molecule has 1 amide bonds. The fraction of sp³-hybridized carbons (Fsp3) is 0.292. The minimum Gasteiger partial charge on any atom is -0.378 e. The van der Waals surface area contributed by atoms with E-state index in [1.54, 1.807) is 0 Å². The van der Waals surface area contributed by atoms with E-state index < -0.39 is 29.2 Å². The van der Waals surface area contributed by atoms with E-state index in [0.717, 1.165) is 30.5 Å². The van der Waals surface area contributed by atoms with Gasteiger partial charge in [-0.25, -0.2) is 13.8 Å². The van der Waals surface area contributed by atoms with Gasteiger partial charge in [0.2, 0.25) is 0 Å². The molecule has 1 atom stereocenters. The maximum absolute atomic E-state index is 14.0. The molecule has 3 aromatic rings. The Hall–Kier alpha value is -3.10. The molecule has 1 fully saturated rings. The van der Waals surface area contributed by atoms with Gasteiger partial charge < -0.3 is 15.0 Å². The van der Waals surface area contributed by atoms with Gasteiger partial charge in [-0.05, 0) is 36.6 Å². The molecule has 6 nitrogen and oxygen atoms in total. The number of carbonyl (C=O) groups excluding carboxylic acids is 1. The Morgan fingerprint density at radius 1 is 1.18 bits per heavy atom. The summed E-state index contributed by atoms with van der Waals surface area (Å²) in [5, 5.41) is 11.0. The number of halogens is 3. The minimum atomic E-state index is -1.87. The van der Waals surface area contributed by atoms with Crippen LogP contribution in [-0.4, -0.2) is 32.4 Å². The van der Waals surface area contributed by atoms with E-state index in [9.17, 15) is 23.5 Å². The largest absolute Gasteiger partial charge is 0.378 e. The number of hydrogen-bond donors (Lipinski definition) is 2. The van der Waals surface area contributed by atoms with E-state index in [2.05, 4.69) is 4.98 Å². The lowest BCUT2D eigenvalue weighted by atomic mass is 9.94. The summed E-state index contributed by atoms with van der Waals surface area (Å²) in [5.41, 5.74) is 0.826. The van der Waals surface area contributed by atoms with Gasteiger partial charge in [-0.3, -0.25) is 9.59 Å². The van der Waals surface area contributed by atoms with Gasteiger partial charge in [0.1, 0.15) is 5.82 Å². The van der Waals surface area contributed by atoms with Crippen LogP contribution in [0.2, 0.25) is 5.02 Å². The zero-order valence-corrected chi connectivity index (χ0v) is 18.2. The molecule has 0 radical (unpaired) electrons. The van der Waals surface area contributed by atoms with Crippen molar-refractivity contribution in [3.63, 3.8) is 0 Å². The number of aliphatic hydroxyl groups excluding tert-OH is 1. The van der Waals surface area contributed by atoms with Crippen LogP contribution >= 0.6 is 11.6 Å². The Bertz CT molecular complexity index is 1310. The van der Waals surface area contributed by atoms with Crippen molar-refractivity contribution in [2.45, 2.75) is 37.3 Å². The van der Waals surface area contributed by atoms with Crippen LogP contribution in [0.25, 0.3) is 0 Å². The molecule has 170 valence electrons. The molecule has 0 spiro atoms. The predicted molar refractivity (Wildman–Crippen MR) is 117 cm³/mol. The number of fused-ring (bicyclic) bond motifs is 1. The Labute approximate surface area is 192 Å². The second-order valence-electron chi connectivity index (χ2n) is 8.48. The Morgan fingerprint density at radius 3 is 2.61 bits per heavy atom. The fourth-order valence-electron chi connectivity index (χ4n) is 4.43. The lowest BCUT2D eigenvalue weighted by Gasteiger charge is -2.30. The molecule has 2 heterocycles. The number of aromatic nitrogens is 2. The molecule has 1 aliphatic carbocycles. The van der Waals surface area contributed by atoms with Crippen molar-refractivity contribution in [2.24, 2.45) is 0 Å². The summed E-state index contributed by atoms with van der Waals surface area (Å²) in [6, 6.07) is 10.8. The highest BCUT2D eigenvalue weighted by Gasteiger charge is 2.48. The van der Waals surface area contributed by atoms with Crippen LogP contribution in [0.3, 0.4) is 0 Å². The number of H-pyrrole nitrogens is 1. The number of rotatable bonds is 4. The van der Waals surface area contributed by atoms with Gasteiger partial charge in [0.05, 0.1) is 23.2 Å². The van der Waals surface area contributed by atoms with Crippen molar-refractivity contribution in [3.8, 4) is 0 Å². The standard InChI is InChI=1S/C24H20ClF2N3O3/c25-14-6-4-13(5-7-14)24(9-10-24)23-28-18-8-11-30(12-16(18)21(32)29-23)22(33)20(31)15-2-1-3-17(26)19(15)27/h1-7,20,31H,8-12H2,(H,28,29,32)/t20-/m1/s1. The highest BCUT2D eigenvalue weighted by atomic mass is 35.5. The third kappa shape index (κ3) is 3.73. The van der Waals surface area contributed by atoms with Gasteiger partial charge in [-0.1, -0.05) is 35.9 Å². The molecule has 1 aliphatic heterocycles. The fourth-order valence-corrected chi connectivity index (χ4v) is 4.56. The van der Waals surface area contributed by atoms with Crippen LogP contribution < -0.4 is 5.56 Å². The summed E-state index contributed by atoms with van der Waals surface area (Å²) >= 11 is 6.00. The first-order chi connectivity index (χ1) is 15.8. The second-order valence-corrected chi connectivity index (χ2v) is 8.92. The molecule has 9 heteroatoms. The number of carbonyl (C=O) groups is 1. The summed E-state index contributed by atoms with van der Waals surface area (Å²) in [6.45, 7) is 0.127. The SMILES string of the molecule is O=C([C@H](O)c1cccc(F)c1F)N1CCc2nc(C3(c4ccc(Cl)cc4)CC3)[nH]c(=O)c2C1. The van der Waals surface area contributed by atoms with Crippen molar-refractivity contribution in [1.29, 1.82) is 0 Å². The maximum Gasteiger partial charge on any atom is 0.256 e. The van der Waals surface area contributed by atoms with E-state index in [4.69, 9.17) is 16.6 Å². The van der Waals surface area contributed by atoms with E-state index in [1.165, 1.54) is 11.0 Å². The first-order valence-corrected chi connectivity index (χ1v) is 11.0. The molecule has 2 N–H and O–H groups in total. The molecular formula is C24H20ClF2N3O3. The first kappa shape index (κ1) is 21.7. The molecule has 1 saturated carbocycles. The van der Waals surface area contributed by atoms with Crippen molar-refractivity contribution in [3.05, 3.63) is 97.7 Å². The van der Waals surface area contributed by atoms with E-state index in [1.807, 2.05) is 24.3 Å². The monoisotopic (exact) mass is 471 g/mol. The normalized spacial score (nSPS) is 17.4. The van der Waals surface area contributed by atoms with E-state index >= 15 is 0 Å². The number of aliphatic hydroxyl groups is 1. The first-order valence-electron chi connectivity index (χ1n) is 10.6. The number of amides is 1. The quantitative estimate of drug-likeness (QED) is 0.610. The zero-order valence-electron chi connectivity index (χ0n) is 17.4. The van der Waals surface area contributed by atoms with Crippen LogP contribution in [0.15, 0.2) is 47.3 Å². The van der Waals surface area contributed by atoms with Crippen LogP contribution in [0.5, 0.6) is 0 Å². The predicted octanol–water partition coefficient (Wildman–Crippen LogP) is 3.40. The highest BCUT2D eigenvalue weighted by molar-refractivity contribution is 6.30. The summed E-state index contributed by atoms with van der Waals surface area (Å²) < 4.78 is 27.5. The number of hydrogen-bond acceptors (Lipinski definition) is 4. The number of nitrogens with zero attached hydrogens (tertiary/aromatic N) is 2. The van der Waals surface area contributed by atoms with Crippen molar-refractivity contribution in [2.75, 3.05) is 6.54 Å². The van der Waals surface area contributed by atoms with Gasteiger partial charge in [0, 0.05) is 23.6 Å². The Morgan fingerprint density at radius 2 is 1.91 bits per heavy atom. The van der Waals surface area contributed by atoms with Crippen molar-refractivity contribution < 1.29 is 18.7 Å².